The quantitative estimate of drug-likeness (QED) is 0.872. The molecule has 21 heavy (non-hydrogen) atoms. The third-order valence-electron chi connectivity index (χ3n) is 3.99. The molecule has 1 atom stereocenters. The Morgan fingerprint density at radius 2 is 1.81 bits per heavy atom. The van der Waals surface area contributed by atoms with Crippen LogP contribution >= 0.6 is 0 Å². The van der Waals surface area contributed by atoms with Crippen molar-refractivity contribution in [3.05, 3.63) is 29.8 Å². The molecule has 1 aliphatic heterocycles. The smallest absolute Gasteiger partial charge is 0.335 e. The first-order chi connectivity index (χ1) is 10.1. The minimum Gasteiger partial charge on any atom is -0.491 e. The lowest BCUT2D eigenvalue weighted by Gasteiger charge is -2.22. The van der Waals surface area contributed by atoms with E-state index >= 15 is 0 Å². The van der Waals surface area contributed by atoms with Crippen LogP contribution in [0.5, 0.6) is 5.75 Å². The van der Waals surface area contributed by atoms with Crippen LogP contribution in [0.25, 0.3) is 0 Å². The summed E-state index contributed by atoms with van der Waals surface area (Å²) in [6, 6.07) is 6.62. The molecule has 0 spiro atoms. The van der Waals surface area contributed by atoms with Crippen molar-refractivity contribution in [2.75, 3.05) is 19.6 Å². The van der Waals surface area contributed by atoms with E-state index in [0.29, 0.717) is 5.56 Å². The van der Waals surface area contributed by atoms with Gasteiger partial charge in [0.05, 0.1) is 11.7 Å². The second-order valence-corrected chi connectivity index (χ2v) is 5.80. The maximum atomic E-state index is 10.8. The van der Waals surface area contributed by atoms with Gasteiger partial charge in [0.25, 0.3) is 0 Å². The Hall–Kier alpha value is -1.55. The molecule has 1 aromatic rings. The van der Waals surface area contributed by atoms with E-state index in [2.05, 4.69) is 11.8 Å². The summed E-state index contributed by atoms with van der Waals surface area (Å²) in [4.78, 5) is 13.3. The number of hydrogen-bond donors (Lipinski definition) is 1. The Labute approximate surface area is 126 Å². The molecule has 0 aliphatic carbocycles. The third-order valence-corrected chi connectivity index (χ3v) is 3.99. The van der Waals surface area contributed by atoms with Crippen molar-refractivity contribution in [1.29, 1.82) is 0 Å². The van der Waals surface area contributed by atoms with Crippen molar-refractivity contribution in [2.24, 2.45) is 0 Å². The molecule has 0 amide bonds. The van der Waals surface area contributed by atoms with Crippen LogP contribution in [0.4, 0.5) is 0 Å². The number of ether oxygens (including phenoxy) is 1. The molecule has 1 aliphatic rings. The van der Waals surface area contributed by atoms with E-state index in [1.54, 1.807) is 24.3 Å². The van der Waals surface area contributed by atoms with Gasteiger partial charge in [0.1, 0.15) is 5.75 Å². The Kier molecular flexibility index (Phi) is 6.05. The second-order valence-electron chi connectivity index (χ2n) is 5.80. The number of hydrogen-bond acceptors (Lipinski definition) is 3. The highest BCUT2D eigenvalue weighted by atomic mass is 16.5. The van der Waals surface area contributed by atoms with Crippen LogP contribution in [0.3, 0.4) is 0 Å². The van der Waals surface area contributed by atoms with E-state index in [4.69, 9.17) is 9.84 Å². The molecular formula is C17H25NO3. The average Bonchev–Trinajstić information content (AvgIpc) is 2.74. The lowest BCUT2D eigenvalue weighted by molar-refractivity contribution is 0.0697. The molecular weight excluding hydrogens is 266 g/mol. The first-order valence-corrected chi connectivity index (χ1v) is 7.87. The largest absolute Gasteiger partial charge is 0.491 e. The molecule has 1 fully saturated rings. The zero-order chi connectivity index (χ0) is 15.1. The van der Waals surface area contributed by atoms with Gasteiger partial charge in [-0.3, -0.25) is 0 Å². The fourth-order valence-electron chi connectivity index (χ4n) is 2.69. The second kappa shape index (κ2) is 8.03. The van der Waals surface area contributed by atoms with Gasteiger partial charge in [-0.1, -0.05) is 12.8 Å². The lowest BCUT2D eigenvalue weighted by Crippen LogP contribution is -2.29. The molecule has 4 nitrogen and oxygen atoms in total. The number of benzene rings is 1. The fourth-order valence-corrected chi connectivity index (χ4v) is 2.69. The van der Waals surface area contributed by atoms with Gasteiger partial charge in [0.15, 0.2) is 0 Å². The van der Waals surface area contributed by atoms with Crippen LogP contribution in [0, 0.1) is 0 Å². The molecule has 1 aromatic carbocycles. The Morgan fingerprint density at radius 1 is 1.19 bits per heavy atom. The molecule has 1 heterocycles. The Morgan fingerprint density at radius 3 is 2.38 bits per heavy atom. The van der Waals surface area contributed by atoms with Crippen LogP contribution < -0.4 is 4.74 Å². The molecule has 1 N–H and O–H groups in total. The number of carboxylic acid groups (broad SMARTS) is 1. The van der Waals surface area contributed by atoms with Crippen molar-refractivity contribution in [1.82, 2.24) is 4.90 Å². The van der Waals surface area contributed by atoms with Gasteiger partial charge < -0.3 is 14.7 Å². The molecule has 0 radical (unpaired) electrons. The van der Waals surface area contributed by atoms with E-state index < -0.39 is 5.97 Å². The van der Waals surface area contributed by atoms with Gasteiger partial charge >= 0.3 is 5.97 Å². The summed E-state index contributed by atoms with van der Waals surface area (Å²) >= 11 is 0. The minimum absolute atomic E-state index is 0.143. The number of carboxylic acids is 1. The van der Waals surface area contributed by atoms with Crippen molar-refractivity contribution in [3.8, 4) is 5.75 Å². The molecule has 0 aromatic heterocycles. The zero-order valence-corrected chi connectivity index (χ0v) is 12.8. The van der Waals surface area contributed by atoms with Crippen molar-refractivity contribution in [2.45, 2.75) is 45.1 Å². The zero-order valence-electron chi connectivity index (χ0n) is 12.8. The van der Waals surface area contributed by atoms with Crippen LogP contribution in [0.15, 0.2) is 24.3 Å². The van der Waals surface area contributed by atoms with Gasteiger partial charge in [0.2, 0.25) is 0 Å². The fraction of sp³-hybridized carbons (Fsp3) is 0.588. The maximum absolute atomic E-state index is 10.8. The summed E-state index contributed by atoms with van der Waals surface area (Å²) in [6.07, 6.45) is 6.49. The monoisotopic (exact) mass is 291 g/mol. The first kappa shape index (κ1) is 15.8. The SMILES string of the molecule is CC(CCN1CCCCCC1)Oc1ccc(C(=O)O)cc1. The van der Waals surface area contributed by atoms with Crippen molar-refractivity contribution < 1.29 is 14.6 Å². The minimum atomic E-state index is -0.907. The highest BCUT2D eigenvalue weighted by molar-refractivity contribution is 5.87. The molecule has 1 unspecified atom stereocenters. The van der Waals surface area contributed by atoms with Gasteiger partial charge in [0, 0.05) is 6.54 Å². The molecule has 0 bridgehead atoms. The van der Waals surface area contributed by atoms with E-state index in [1.165, 1.54) is 38.8 Å². The molecule has 4 heteroatoms. The predicted octanol–water partition coefficient (Wildman–Crippen LogP) is 3.42. The predicted molar refractivity (Wildman–Crippen MR) is 83.0 cm³/mol. The first-order valence-electron chi connectivity index (χ1n) is 7.87. The molecule has 1 saturated heterocycles. The van der Waals surface area contributed by atoms with E-state index in [-0.39, 0.29) is 6.10 Å². The highest BCUT2D eigenvalue weighted by Crippen LogP contribution is 2.16. The van der Waals surface area contributed by atoms with Gasteiger partial charge in [-0.05, 0) is 63.5 Å². The van der Waals surface area contributed by atoms with Crippen LogP contribution in [-0.2, 0) is 0 Å². The average molecular weight is 291 g/mol. The van der Waals surface area contributed by atoms with Crippen molar-refractivity contribution >= 4 is 5.97 Å². The number of carbonyl (C=O) groups is 1. The van der Waals surface area contributed by atoms with Crippen LogP contribution in [-0.4, -0.2) is 41.7 Å². The van der Waals surface area contributed by atoms with Crippen LogP contribution in [0.1, 0.15) is 49.4 Å². The summed E-state index contributed by atoms with van der Waals surface area (Å²) in [5.74, 6) is -0.167. The number of aromatic carboxylic acids is 1. The molecule has 116 valence electrons. The highest BCUT2D eigenvalue weighted by Gasteiger charge is 2.11. The molecule has 2 rings (SSSR count). The van der Waals surface area contributed by atoms with Gasteiger partial charge in [-0.25, -0.2) is 4.79 Å². The van der Waals surface area contributed by atoms with E-state index in [1.807, 2.05) is 0 Å². The lowest BCUT2D eigenvalue weighted by atomic mass is 10.2. The van der Waals surface area contributed by atoms with Crippen molar-refractivity contribution in [3.63, 3.8) is 0 Å². The Bertz CT molecular complexity index is 436. The third kappa shape index (κ3) is 5.38. The topological polar surface area (TPSA) is 49.8 Å². The molecule has 0 saturated carbocycles. The standard InChI is InChI=1S/C17H25NO3/c1-14(10-13-18-11-4-2-3-5-12-18)21-16-8-6-15(7-9-16)17(19)20/h6-9,14H,2-5,10-13H2,1H3,(H,19,20). The van der Waals surface area contributed by atoms with Gasteiger partial charge in [-0.15, -0.1) is 0 Å². The normalized spacial score (nSPS) is 18.0. The summed E-state index contributed by atoms with van der Waals surface area (Å²) in [7, 11) is 0. The number of rotatable bonds is 6. The van der Waals surface area contributed by atoms with Crippen LogP contribution in [0.2, 0.25) is 0 Å². The number of likely N-dealkylation sites (tertiary alicyclic amines) is 1. The summed E-state index contributed by atoms with van der Waals surface area (Å²) in [5.41, 5.74) is 0.291. The number of nitrogens with zero attached hydrogens (tertiary/aromatic N) is 1. The maximum Gasteiger partial charge on any atom is 0.335 e. The summed E-state index contributed by atoms with van der Waals surface area (Å²) < 4.78 is 5.85. The van der Waals surface area contributed by atoms with E-state index in [0.717, 1.165) is 18.7 Å². The Balaban J connectivity index is 1.75. The summed E-state index contributed by atoms with van der Waals surface area (Å²) in [6.45, 7) is 5.57. The van der Waals surface area contributed by atoms with Gasteiger partial charge in [-0.2, -0.15) is 0 Å². The summed E-state index contributed by atoms with van der Waals surface area (Å²) in [5, 5.41) is 8.86. The van der Waals surface area contributed by atoms with E-state index in [9.17, 15) is 4.79 Å².